The third-order valence-corrected chi connectivity index (χ3v) is 3.30. The number of nitrogens with zero attached hydrogens (tertiary/aromatic N) is 1. The molecule has 1 aromatic carbocycles. The molecule has 4 nitrogen and oxygen atoms in total. The molecule has 4 heteroatoms. The third kappa shape index (κ3) is 2.26. The van der Waals surface area contributed by atoms with Crippen LogP contribution in [0.5, 0.6) is 0 Å². The second-order valence-electron chi connectivity index (χ2n) is 4.70. The number of benzene rings is 1. The van der Waals surface area contributed by atoms with Gasteiger partial charge in [0.05, 0.1) is 23.9 Å². The number of nitrogens with one attached hydrogen (secondary N) is 2. The van der Waals surface area contributed by atoms with Gasteiger partial charge in [-0.1, -0.05) is 0 Å². The van der Waals surface area contributed by atoms with Crippen molar-refractivity contribution in [3.63, 3.8) is 0 Å². The molecule has 1 fully saturated rings. The van der Waals surface area contributed by atoms with E-state index in [4.69, 9.17) is 4.74 Å². The minimum absolute atomic E-state index is 0.350. The number of hydrogen-bond donors (Lipinski definition) is 2. The molecular formula is C13H17N3O. The first-order valence-electron chi connectivity index (χ1n) is 6.14. The smallest absolute Gasteiger partial charge is 0.0751 e. The maximum atomic E-state index is 5.77. The molecule has 90 valence electrons. The SMILES string of the molecule is CC1CCC(CNc2ccc3cn[nH]c3c2)O1. The number of rotatable bonds is 3. The number of aromatic amines is 1. The van der Waals surface area contributed by atoms with Crippen molar-refractivity contribution < 1.29 is 4.74 Å². The first-order chi connectivity index (χ1) is 8.31. The maximum Gasteiger partial charge on any atom is 0.0751 e. The summed E-state index contributed by atoms with van der Waals surface area (Å²) in [5.41, 5.74) is 2.18. The molecule has 17 heavy (non-hydrogen) atoms. The summed E-state index contributed by atoms with van der Waals surface area (Å²) >= 11 is 0. The summed E-state index contributed by atoms with van der Waals surface area (Å²) < 4.78 is 5.77. The van der Waals surface area contributed by atoms with Crippen LogP contribution in [0.25, 0.3) is 10.9 Å². The van der Waals surface area contributed by atoms with Crippen molar-refractivity contribution in [2.45, 2.75) is 32.0 Å². The lowest BCUT2D eigenvalue weighted by Gasteiger charge is -2.13. The summed E-state index contributed by atoms with van der Waals surface area (Å²) in [4.78, 5) is 0. The van der Waals surface area contributed by atoms with Gasteiger partial charge < -0.3 is 10.1 Å². The van der Waals surface area contributed by atoms with Crippen LogP contribution in [0.1, 0.15) is 19.8 Å². The molecule has 0 saturated carbocycles. The van der Waals surface area contributed by atoms with Gasteiger partial charge in [-0.05, 0) is 38.0 Å². The van der Waals surface area contributed by atoms with E-state index in [0.717, 1.165) is 29.6 Å². The van der Waals surface area contributed by atoms with Crippen LogP contribution in [-0.2, 0) is 4.74 Å². The van der Waals surface area contributed by atoms with Crippen molar-refractivity contribution >= 4 is 16.6 Å². The van der Waals surface area contributed by atoms with Crippen molar-refractivity contribution in [2.75, 3.05) is 11.9 Å². The zero-order valence-corrected chi connectivity index (χ0v) is 9.94. The van der Waals surface area contributed by atoms with E-state index < -0.39 is 0 Å². The zero-order chi connectivity index (χ0) is 11.7. The van der Waals surface area contributed by atoms with E-state index in [2.05, 4.69) is 40.6 Å². The van der Waals surface area contributed by atoms with E-state index in [1.54, 1.807) is 0 Å². The van der Waals surface area contributed by atoms with Gasteiger partial charge in [-0.25, -0.2) is 0 Å². The Morgan fingerprint density at radius 3 is 3.24 bits per heavy atom. The first-order valence-corrected chi connectivity index (χ1v) is 6.14. The van der Waals surface area contributed by atoms with Gasteiger partial charge in [0.2, 0.25) is 0 Å². The Bertz CT molecular complexity index is 508. The average molecular weight is 231 g/mol. The lowest BCUT2D eigenvalue weighted by molar-refractivity contribution is 0.0637. The largest absolute Gasteiger partial charge is 0.382 e. The molecule has 0 spiro atoms. The molecule has 1 aromatic heterocycles. The fourth-order valence-corrected chi connectivity index (χ4v) is 2.31. The van der Waals surface area contributed by atoms with E-state index in [1.165, 1.54) is 6.42 Å². The Morgan fingerprint density at radius 2 is 2.41 bits per heavy atom. The molecule has 0 bridgehead atoms. The van der Waals surface area contributed by atoms with Crippen LogP contribution >= 0.6 is 0 Å². The minimum atomic E-state index is 0.350. The van der Waals surface area contributed by atoms with Gasteiger partial charge in [-0.3, -0.25) is 5.10 Å². The second-order valence-corrected chi connectivity index (χ2v) is 4.70. The lowest BCUT2D eigenvalue weighted by Crippen LogP contribution is -2.19. The van der Waals surface area contributed by atoms with E-state index >= 15 is 0 Å². The van der Waals surface area contributed by atoms with Gasteiger partial charge in [0.15, 0.2) is 0 Å². The predicted octanol–water partition coefficient (Wildman–Crippen LogP) is 2.54. The van der Waals surface area contributed by atoms with Gasteiger partial charge in [0.25, 0.3) is 0 Å². The number of aromatic nitrogens is 2. The molecule has 0 radical (unpaired) electrons. The highest BCUT2D eigenvalue weighted by molar-refractivity contribution is 5.81. The standard InChI is InChI=1S/C13H17N3O/c1-9-2-5-12(17-9)8-14-11-4-3-10-7-15-16-13(10)6-11/h3-4,6-7,9,12,14H,2,5,8H2,1H3,(H,15,16). The number of ether oxygens (including phenoxy) is 1. The van der Waals surface area contributed by atoms with Crippen LogP contribution in [0.15, 0.2) is 24.4 Å². The Kier molecular flexibility index (Phi) is 2.73. The van der Waals surface area contributed by atoms with Crippen LogP contribution in [0.3, 0.4) is 0 Å². The Hall–Kier alpha value is -1.55. The number of fused-ring (bicyclic) bond motifs is 1. The first kappa shape index (κ1) is 10.6. The van der Waals surface area contributed by atoms with E-state index in [0.29, 0.717) is 12.2 Å². The summed E-state index contributed by atoms with van der Waals surface area (Å²) in [5, 5.41) is 11.5. The molecule has 2 unspecified atom stereocenters. The van der Waals surface area contributed by atoms with Crippen LogP contribution in [0.2, 0.25) is 0 Å². The molecule has 3 rings (SSSR count). The summed E-state index contributed by atoms with van der Waals surface area (Å²) in [7, 11) is 0. The molecule has 2 aromatic rings. The highest BCUT2D eigenvalue weighted by Gasteiger charge is 2.21. The summed E-state index contributed by atoms with van der Waals surface area (Å²) in [6, 6.07) is 6.23. The van der Waals surface area contributed by atoms with E-state index in [-0.39, 0.29) is 0 Å². The molecule has 2 atom stereocenters. The monoisotopic (exact) mass is 231 g/mol. The van der Waals surface area contributed by atoms with Crippen molar-refractivity contribution in [3.05, 3.63) is 24.4 Å². The molecular weight excluding hydrogens is 214 g/mol. The van der Waals surface area contributed by atoms with Crippen molar-refractivity contribution in [1.82, 2.24) is 10.2 Å². The molecule has 1 saturated heterocycles. The van der Waals surface area contributed by atoms with Crippen molar-refractivity contribution in [3.8, 4) is 0 Å². The molecule has 1 aliphatic heterocycles. The number of anilines is 1. The number of H-pyrrole nitrogens is 1. The molecule has 0 aliphatic carbocycles. The van der Waals surface area contributed by atoms with Crippen molar-refractivity contribution in [1.29, 1.82) is 0 Å². The topological polar surface area (TPSA) is 49.9 Å². The normalized spacial score (nSPS) is 24.3. The third-order valence-electron chi connectivity index (χ3n) is 3.30. The lowest BCUT2D eigenvalue weighted by atomic mass is 10.2. The molecule has 2 N–H and O–H groups in total. The maximum absolute atomic E-state index is 5.77. The van der Waals surface area contributed by atoms with Crippen molar-refractivity contribution in [2.24, 2.45) is 0 Å². The minimum Gasteiger partial charge on any atom is -0.382 e. The molecule has 1 aliphatic rings. The van der Waals surface area contributed by atoms with Gasteiger partial charge >= 0.3 is 0 Å². The highest BCUT2D eigenvalue weighted by Crippen LogP contribution is 2.21. The predicted molar refractivity (Wildman–Crippen MR) is 68.2 cm³/mol. The van der Waals surface area contributed by atoms with Crippen LogP contribution in [0, 0.1) is 0 Å². The highest BCUT2D eigenvalue weighted by atomic mass is 16.5. The fraction of sp³-hybridized carbons (Fsp3) is 0.462. The Morgan fingerprint density at radius 1 is 1.47 bits per heavy atom. The van der Waals surface area contributed by atoms with Crippen LogP contribution in [0.4, 0.5) is 5.69 Å². The summed E-state index contributed by atoms with van der Waals surface area (Å²) in [6.45, 7) is 3.01. The Labute approximate surface area is 100 Å². The number of hydrogen-bond acceptors (Lipinski definition) is 3. The van der Waals surface area contributed by atoms with Crippen LogP contribution < -0.4 is 5.32 Å². The van der Waals surface area contributed by atoms with E-state index in [9.17, 15) is 0 Å². The molecule has 2 heterocycles. The second kappa shape index (κ2) is 4.37. The summed E-state index contributed by atoms with van der Waals surface area (Å²) in [5.74, 6) is 0. The van der Waals surface area contributed by atoms with Gasteiger partial charge in [0.1, 0.15) is 0 Å². The average Bonchev–Trinajstić information content (AvgIpc) is 2.94. The summed E-state index contributed by atoms with van der Waals surface area (Å²) in [6.07, 6.45) is 4.92. The van der Waals surface area contributed by atoms with Crippen LogP contribution in [-0.4, -0.2) is 29.0 Å². The zero-order valence-electron chi connectivity index (χ0n) is 9.94. The molecule has 0 amide bonds. The van der Waals surface area contributed by atoms with Gasteiger partial charge in [-0.2, -0.15) is 5.10 Å². The Balaban J connectivity index is 1.64. The quantitative estimate of drug-likeness (QED) is 0.853. The van der Waals surface area contributed by atoms with Gasteiger partial charge in [-0.15, -0.1) is 0 Å². The fourth-order valence-electron chi connectivity index (χ4n) is 2.31. The van der Waals surface area contributed by atoms with E-state index in [1.807, 2.05) is 6.20 Å². The van der Waals surface area contributed by atoms with Gasteiger partial charge in [0, 0.05) is 17.6 Å².